The van der Waals surface area contributed by atoms with Crippen LogP contribution in [0.2, 0.25) is 0 Å². The number of ether oxygens (including phenoxy) is 1. The van der Waals surface area contributed by atoms with Crippen molar-refractivity contribution in [2.45, 2.75) is 50.0 Å². The molecule has 1 aromatic rings. The molecule has 1 saturated carbocycles. The molecule has 0 aromatic heterocycles. The largest absolute Gasteiger partial charge is 0.497 e. The summed E-state index contributed by atoms with van der Waals surface area (Å²) < 4.78 is 5.40. The maximum absolute atomic E-state index is 11.6. The normalized spacial score (nSPS) is 33.8. The Balaban J connectivity index is 2.01. The van der Waals surface area contributed by atoms with Crippen molar-refractivity contribution in [3.05, 3.63) is 29.8 Å². The van der Waals surface area contributed by atoms with E-state index in [2.05, 4.69) is 17.4 Å². The lowest BCUT2D eigenvalue weighted by molar-refractivity contribution is -0.122. The number of β-amino-alcohol motifs (C(OH)–C–C–N with tert-alkyl or cyclic N) is 1. The summed E-state index contributed by atoms with van der Waals surface area (Å²) in [6.45, 7) is 3.19. The Hall–Kier alpha value is -1.39. The van der Waals surface area contributed by atoms with Gasteiger partial charge in [0.25, 0.3) is 0 Å². The van der Waals surface area contributed by atoms with Gasteiger partial charge in [-0.1, -0.05) is 12.1 Å². The highest BCUT2D eigenvalue weighted by Gasteiger charge is 2.55. The average molecular weight is 317 g/mol. The number of benzene rings is 1. The summed E-state index contributed by atoms with van der Waals surface area (Å²) in [5, 5.41) is 14.8. The van der Waals surface area contributed by atoms with Gasteiger partial charge >= 0.3 is 0 Å². The molecule has 4 heteroatoms. The van der Waals surface area contributed by atoms with Gasteiger partial charge in [-0.25, -0.2) is 0 Å². The third kappa shape index (κ3) is 2.90. The average Bonchev–Trinajstić information content (AvgIpc) is 2.54. The molecule has 0 amide bonds. The minimum absolute atomic E-state index is 0.246. The SMILES string of the molecule is COc1cccc(C23CCNCC2(O)CCC(CC(C)=O)C3)c1. The van der Waals surface area contributed by atoms with Gasteiger partial charge < -0.3 is 20.0 Å². The Labute approximate surface area is 138 Å². The van der Waals surface area contributed by atoms with Gasteiger partial charge in [-0.2, -0.15) is 0 Å². The van der Waals surface area contributed by atoms with E-state index < -0.39 is 5.60 Å². The van der Waals surface area contributed by atoms with Crippen LogP contribution in [0.3, 0.4) is 0 Å². The number of hydrogen-bond acceptors (Lipinski definition) is 4. The predicted octanol–water partition coefficient (Wildman–Crippen LogP) is 2.44. The van der Waals surface area contributed by atoms with Gasteiger partial charge in [0.05, 0.1) is 12.7 Å². The minimum Gasteiger partial charge on any atom is -0.497 e. The molecule has 1 aromatic carbocycles. The molecule has 126 valence electrons. The van der Waals surface area contributed by atoms with Crippen LogP contribution in [0.25, 0.3) is 0 Å². The Morgan fingerprint density at radius 2 is 2.26 bits per heavy atom. The summed E-state index contributed by atoms with van der Waals surface area (Å²) in [5.41, 5.74) is 0.116. The third-order valence-electron chi connectivity index (χ3n) is 5.84. The number of carbonyl (C=O) groups is 1. The molecule has 0 radical (unpaired) electrons. The standard InChI is InChI=1S/C19H27NO3/c1-14(21)10-15-6-7-19(22)13-20-9-8-18(19,12-15)16-4-3-5-17(11-16)23-2/h3-5,11,15,20,22H,6-10,12-13H2,1-2H3. The molecule has 2 N–H and O–H groups in total. The van der Waals surface area contributed by atoms with Crippen molar-refractivity contribution in [2.24, 2.45) is 5.92 Å². The van der Waals surface area contributed by atoms with E-state index in [1.54, 1.807) is 14.0 Å². The van der Waals surface area contributed by atoms with E-state index in [1.165, 1.54) is 0 Å². The van der Waals surface area contributed by atoms with Crippen LogP contribution in [0.15, 0.2) is 24.3 Å². The van der Waals surface area contributed by atoms with Crippen LogP contribution < -0.4 is 10.1 Å². The predicted molar refractivity (Wildman–Crippen MR) is 89.7 cm³/mol. The summed E-state index contributed by atoms with van der Waals surface area (Å²) >= 11 is 0. The molecule has 2 fully saturated rings. The van der Waals surface area contributed by atoms with E-state index in [-0.39, 0.29) is 11.2 Å². The maximum Gasteiger partial charge on any atom is 0.130 e. The van der Waals surface area contributed by atoms with Crippen LogP contribution in [0.1, 0.15) is 44.6 Å². The van der Waals surface area contributed by atoms with Crippen LogP contribution >= 0.6 is 0 Å². The quantitative estimate of drug-likeness (QED) is 0.895. The smallest absolute Gasteiger partial charge is 0.130 e. The number of methoxy groups -OCH3 is 1. The first kappa shape index (κ1) is 16.5. The van der Waals surface area contributed by atoms with E-state index in [0.717, 1.165) is 43.5 Å². The minimum atomic E-state index is -0.745. The molecule has 3 unspecified atom stereocenters. The van der Waals surface area contributed by atoms with E-state index >= 15 is 0 Å². The monoisotopic (exact) mass is 317 g/mol. The van der Waals surface area contributed by atoms with Gasteiger partial charge in [0.2, 0.25) is 0 Å². The fourth-order valence-electron chi connectivity index (χ4n) is 4.69. The summed E-state index contributed by atoms with van der Waals surface area (Å²) in [4.78, 5) is 11.6. The summed E-state index contributed by atoms with van der Waals surface area (Å²) in [6.07, 6.45) is 4.05. The molecule has 3 rings (SSSR count). The molecule has 1 aliphatic heterocycles. The van der Waals surface area contributed by atoms with Gasteiger partial charge in [-0.3, -0.25) is 0 Å². The first-order valence-electron chi connectivity index (χ1n) is 8.56. The Morgan fingerprint density at radius 3 is 3.00 bits per heavy atom. The lowest BCUT2D eigenvalue weighted by Gasteiger charge is -2.56. The first-order valence-corrected chi connectivity index (χ1v) is 8.56. The molecule has 4 nitrogen and oxygen atoms in total. The zero-order valence-corrected chi connectivity index (χ0v) is 14.1. The zero-order valence-electron chi connectivity index (χ0n) is 14.1. The number of rotatable bonds is 4. The molecule has 3 atom stereocenters. The second-order valence-electron chi connectivity index (χ2n) is 7.29. The van der Waals surface area contributed by atoms with Gasteiger partial charge in [0, 0.05) is 18.4 Å². The summed E-state index contributed by atoms with van der Waals surface area (Å²) in [6, 6.07) is 8.11. The second-order valence-corrected chi connectivity index (χ2v) is 7.29. The molecule has 0 spiro atoms. The van der Waals surface area contributed by atoms with Crippen molar-refractivity contribution in [3.8, 4) is 5.75 Å². The number of ketones is 1. The molecule has 1 saturated heterocycles. The highest BCUT2D eigenvalue weighted by atomic mass is 16.5. The number of aliphatic hydroxyl groups is 1. The molecule has 0 bridgehead atoms. The lowest BCUT2D eigenvalue weighted by atomic mass is 9.54. The van der Waals surface area contributed by atoms with Crippen LogP contribution in [-0.2, 0) is 10.2 Å². The topological polar surface area (TPSA) is 58.6 Å². The fraction of sp³-hybridized carbons (Fsp3) is 0.632. The van der Waals surface area contributed by atoms with Gasteiger partial charge in [0.1, 0.15) is 11.5 Å². The number of fused-ring (bicyclic) bond motifs is 1. The zero-order chi connectivity index (χ0) is 16.5. The van der Waals surface area contributed by atoms with E-state index in [0.29, 0.717) is 18.9 Å². The number of hydrogen-bond donors (Lipinski definition) is 2. The maximum atomic E-state index is 11.6. The van der Waals surface area contributed by atoms with Gasteiger partial charge in [-0.15, -0.1) is 0 Å². The van der Waals surface area contributed by atoms with Crippen molar-refractivity contribution in [1.82, 2.24) is 5.32 Å². The van der Waals surface area contributed by atoms with Crippen molar-refractivity contribution >= 4 is 5.78 Å². The third-order valence-corrected chi connectivity index (χ3v) is 5.84. The lowest BCUT2D eigenvalue weighted by Crippen LogP contribution is -2.64. The molecular formula is C19H27NO3. The second kappa shape index (κ2) is 6.25. The molecule has 1 heterocycles. The highest BCUT2D eigenvalue weighted by molar-refractivity contribution is 5.75. The van der Waals surface area contributed by atoms with E-state index in [1.807, 2.05) is 12.1 Å². The van der Waals surface area contributed by atoms with Crippen LogP contribution in [0.5, 0.6) is 5.75 Å². The molecule has 2 aliphatic rings. The van der Waals surface area contributed by atoms with E-state index in [9.17, 15) is 9.90 Å². The Morgan fingerprint density at radius 1 is 1.43 bits per heavy atom. The van der Waals surface area contributed by atoms with Crippen molar-refractivity contribution in [3.63, 3.8) is 0 Å². The molecular weight excluding hydrogens is 290 g/mol. The van der Waals surface area contributed by atoms with Crippen molar-refractivity contribution < 1.29 is 14.6 Å². The summed E-state index contributed by atoms with van der Waals surface area (Å²) in [5.74, 6) is 1.43. The highest BCUT2D eigenvalue weighted by Crippen LogP contribution is 2.52. The first-order chi connectivity index (χ1) is 11.0. The van der Waals surface area contributed by atoms with Crippen LogP contribution in [0.4, 0.5) is 0 Å². The number of piperidine rings is 1. The van der Waals surface area contributed by atoms with Gasteiger partial charge in [0.15, 0.2) is 0 Å². The fourth-order valence-corrected chi connectivity index (χ4v) is 4.69. The van der Waals surface area contributed by atoms with Crippen LogP contribution in [0, 0.1) is 5.92 Å². The number of carbonyl (C=O) groups excluding carboxylic acids is 1. The molecule has 1 aliphatic carbocycles. The van der Waals surface area contributed by atoms with Crippen LogP contribution in [-0.4, -0.2) is 36.7 Å². The molecule has 23 heavy (non-hydrogen) atoms. The number of nitrogens with one attached hydrogen (secondary N) is 1. The van der Waals surface area contributed by atoms with Gasteiger partial charge in [-0.05, 0) is 62.8 Å². The van der Waals surface area contributed by atoms with E-state index in [4.69, 9.17) is 4.74 Å². The number of Topliss-reactive ketones (excluding diaryl/α,β-unsaturated/α-hetero) is 1. The van der Waals surface area contributed by atoms with Crippen molar-refractivity contribution in [1.29, 1.82) is 0 Å². The summed E-state index contributed by atoms with van der Waals surface area (Å²) in [7, 11) is 1.67. The van der Waals surface area contributed by atoms with Crippen molar-refractivity contribution in [2.75, 3.05) is 20.2 Å². The Kier molecular flexibility index (Phi) is 4.47. The Bertz CT molecular complexity index is 588.